The number of ether oxygens (including phenoxy) is 2. The van der Waals surface area contributed by atoms with E-state index in [1.54, 1.807) is 37.4 Å². The summed E-state index contributed by atoms with van der Waals surface area (Å²) in [6.45, 7) is 1.93. The molecule has 0 aromatic heterocycles. The topological polar surface area (TPSA) is 59.6 Å². The first-order valence-electron chi connectivity index (χ1n) is 10.4. The van der Waals surface area contributed by atoms with Crippen molar-refractivity contribution in [2.45, 2.75) is 6.92 Å². The van der Waals surface area contributed by atoms with E-state index >= 15 is 0 Å². The molecule has 0 aliphatic heterocycles. The summed E-state index contributed by atoms with van der Waals surface area (Å²) in [5.74, 6) is 1.68. The van der Waals surface area contributed by atoms with Crippen molar-refractivity contribution in [2.75, 3.05) is 17.7 Å². The Labute approximate surface area is 197 Å². The van der Waals surface area contributed by atoms with Crippen molar-refractivity contribution >= 4 is 34.6 Å². The van der Waals surface area contributed by atoms with Gasteiger partial charge in [-0.3, -0.25) is 4.79 Å². The van der Waals surface area contributed by atoms with Gasteiger partial charge in [0.15, 0.2) is 11.5 Å². The summed E-state index contributed by atoms with van der Waals surface area (Å²) < 4.78 is 11.2. The van der Waals surface area contributed by atoms with Gasteiger partial charge in [-0.15, -0.1) is 0 Å². The van der Waals surface area contributed by atoms with Crippen LogP contribution in [0.2, 0.25) is 5.02 Å². The average Bonchev–Trinajstić information content (AvgIpc) is 2.84. The fraction of sp³-hybridized carbons (Fsp3) is 0.0741. The maximum absolute atomic E-state index is 13.0. The van der Waals surface area contributed by atoms with Crippen molar-refractivity contribution in [1.82, 2.24) is 0 Å². The van der Waals surface area contributed by atoms with Crippen LogP contribution in [0.5, 0.6) is 17.2 Å². The fourth-order valence-electron chi connectivity index (χ4n) is 3.31. The summed E-state index contributed by atoms with van der Waals surface area (Å²) >= 11 is 6.23. The molecule has 0 aliphatic rings. The molecule has 0 heterocycles. The van der Waals surface area contributed by atoms with Gasteiger partial charge in [0, 0.05) is 16.4 Å². The van der Waals surface area contributed by atoms with Gasteiger partial charge in [-0.05, 0) is 73.2 Å². The van der Waals surface area contributed by atoms with Gasteiger partial charge in [-0.1, -0.05) is 41.9 Å². The Kier molecular flexibility index (Phi) is 6.81. The Morgan fingerprint density at radius 2 is 1.45 bits per heavy atom. The lowest BCUT2D eigenvalue weighted by molar-refractivity contribution is 0.102. The van der Waals surface area contributed by atoms with Crippen LogP contribution in [0.3, 0.4) is 0 Å². The van der Waals surface area contributed by atoms with Gasteiger partial charge in [0.2, 0.25) is 0 Å². The third-order valence-corrected chi connectivity index (χ3v) is 5.53. The van der Waals surface area contributed by atoms with Crippen molar-refractivity contribution in [1.29, 1.82) is 0 Å². The van der Waals surface area contributed by atoms with Crippen LogP contribution in [-0.4, -0.2) is 13.0 Å². The van der Waals surface area contributed by atoms with Gasteiger partial charge < -0.3 is 20.1 Å². The number of halogens is 1. The molecular weight excluding hydrogens is 436 g/mol. The SMILES string of the molecule is COc1ccccc1Oc1ccc(NC(=O)c2ccccc2Nc2cccc(Cl)c2C)cc1. The number of carbonyl (C=O) groups excluding carboxylic acids is 1. The molecule has 0 aliphatic carbocycles. The van der Waals surface area contributed by atoms with Crippen LogP contribution in [0.15, 0.2) is 91.0 Å². The highest BCUT2D eigenvalue weighted by Crippen LogP contribution is 2.32. The molecule has 5 nitrogen and oxygen atoms in total. The molecule has 166 valence electrons. The molecule has 4 aromatic carbocycles. The summed E-state index contributed by atoms with van der Waals surface area (Å²) in [4.78, 5) is 13.0. The molecule has 0 atom stereocenters. The summed E-state index contributed by atoms with van der Waals surface area (Å²) in [5, 5.41) is 6.92. The van der Waals surface area contributed by atoms with Crippen molar-refractivity contribution in [3.8, 4) is 17.2 Å². The second-order valence-corrected chi connectivity index (χ2v) is 7.72. The highest BCUT2D eigenvalue weighted by molar-refractivity contribution is 6.31. The second kappa shape index (κ2) is 10.1. The Morgan fingerprint density at radius 1 is 0.788 bits per heavy atom. The normalized spacial score (nSPS) is 10.4. The Hall–Kier alpha value is -3.96. The minimum absolute atomic E-state index is 0.226. The summed E-state index contributed by atoms with van der Waals surface area (Å²) in [6, 6.07) is 27.6. The number of hydrogen-bond acceptors (Lipinski definition) is 4. The first-order valence-corrected chi connectivity index (χ1v) is 10.8. The monoisotopic (exact) mass is 458 g/mol. The van der Waals surface area contributed by atoms with Gasteiger partial charge in [-0.2, -0.15) is 0 Å². The van der Waals surface area contributed by atoms with Gasteiger partial charge in [-0.25, -0.2) is 0 Å². The number of carbonyl (C=O) groups is 1. The molecule has 2 N–H and O–H groups in total. The molecule has 0 spiro atoms. The number of methoxy groups -OCH3 is 1. The minimum Gasteiger partial charge on any atom is -0.493 e. The van der Waals surface area contributed by atoms with Gasteiger partial charge in [0.1, 0.15) is 5.75 Å². The maximum Gasteiger partial charge on any atom is 0.257 e. The number of benzene rings is 4. The molecule has 4 aromatic rings. The van der Waals surface area contributed by atoms with E-state index in [9.17, 15) is 4.79 Å². The quantitative estimate of drug-likeness (QED) is 0.302. The maximum atomic E-state index is 13.0. The number of nitrogens with one attached hydrogen (secondary N) is 2. The van der Waals surface area contributed by atoms with Crippen LogP contribution >= 0.6 is 11.6 Å². The van der Waals surface area contributed by atoms with Crippen molar-refractivity contribution in [2.24, 2.45) is 0 Å². The highest BCUT2D eigenvalue weighted by atomic mass is 35.5. The summed E-state index contributed by atoms with van der Waals surface area (Å²) in [7, 11) is 1.60. The van der Waals surface area contributed by atoms with Gasteiger partial charge in [0.05, 0.1) is 18.4 Å². The number of amides is 1. The lowest BCUT2D eigenvalue weighted by atomic mass is 10.1. The molecular formula is C27H23ClN2O3. The lowest BCUT2D eigenvalue weighted by Gasteiger charge is -2.15. The third-order valence-electron chi connectivity index (χ3n) is 5.12. The zero-order valence-corrected chi connectivity index (χ0v) is 19.0. The number of hydrogen-bond donors (Lipinski definition) is 2. The highest BCUT2D eigenvalue weighted by Gasteiger charge is 2.13. The molecule has 0 bridgehead atoms. The molecule has 0 fully saturated rings. The summed E-state index contributed by atoms with van der Waals surface area (Å²) in [6.07, 6.45) is 0. The van der Waals surface area contributed by atoms with Crippen LogP contribution < -0.4 is 20.1 Å². The molecule has 1 amide bonds. The fourth-order valence-corrected chi connectivity index (χ4v) is 3.49. The van der Waals surface area contributed by atoms with Crippen molar-refractivity contribution in [3.63, 3.8) is 0 Å². The van der Waals surface area contributed by atoms with Crippen LogP contribution in [0.4, 0.5) is 17.1 Å². The molecule has 0 radical (unpaired) electrons. The van der Waals surface area contributed by atoms with E-state index in [4.69, 9.17) is 21.1 Å². The van der Waals surface area contributed by atoms with Gasteiger partial charge >= 0.3 is 0 Å². The number of anilines is 3. The largest absolute Gasteiger partial charge is 0.493 e. The number of rotatable bonds is 7. The van der Waals surface area contributed by atoms with Crippen LogP contribution in [0, 0.1) is 6.92 Å². The van der Waals surface area contributed by atoms with Crippen LogP contribution in [0.1, 0.15) is 15.9 Å². The Morgan fingerprint density at radius 3 is 2.21 bits per heavy atom. The lowest BCUT2D eigenvalue weighted by Crippen LogP contribution is -2.14. The van der Waals surface area contributed by atoms with Crippen molar-refractivity contribution in [3.05, 3.63) is 107 Å². The molecule has 4 rings (SSSR count). The molecule has 0 unspecified atom stereocenters. The second-order valence-electron chi connectivity index (χ2n) is 7.31. The van der Waals surface area contributed by atoms with E-state index in [0.29, 0.717) is 39.2 Å². The zero-order chi connectivity index (χ0) is 23.2. The van der Waals surface area contributed by atoms with E-state index in [1.165, 1.54) is 0 Å². The molecule has 0 saturated carbocycles. The van der Waals surface area contributed by atoms with E-state index in [1.807, 2.05) is 67.6 Å². The third kappa shape index (κ3) is 5.27. The predicted molar refractivity (Wildman–Crippen MR) is 133 cm³/mol. The Balaban J connectivity index is 1.48. The Bertz CT molecular complexity index is 1270. The van der Waals surface area contributed by atoms with E-state index in [2.05, 4.69) is 10.6 Å². The summed E-state index contributed by atoms with van der Waals surface area (Å²) in [5.41, 5.74) is 3.63. The molecule has 0 saturated heterocycles. The van der Waals surface area contributed by atoms with Crippen LogP contribution in [-0.2, 0) is 0 Å². The van der Waals surface area contributed by atoms with Crippen LogP contribution in [0.25, 0.3) is 0 Å². The van der Waals surface area contributed by atoms with E-state index < -0.39 is 0 Å². The van der Waals surface area contributed by atoms with E-state index in [0.717, 1.165) is 11.3 Å². The van der Waals surface area contributed by atoms with Gasteiger partial charge in [0.25, 0.3) is 5.91 Å². The first kappa shape index (κ1) is 22.2. The minimum atomic E-state index is -0.226. The molecule has 6 heteroatoms. The first-order chi connectivity index (χ1) is 16.0. The predicted octanol–water partition coefficient (Wildman–Crippen LogP) is 7.45. The smallest absolute Gasteiger partial charge is 0.257 e. The van der Waals surface area contributed by atoms with E-state index in [-0.39, 0.29) is 5.91 Å². The number of para-hydroxylation sites is 3. The van der Waals surface area contributed by atoms with Crippen molar-refractivity contribution < 1.29 is 14.3 Å². The zero-order valence-electron chi connectivity index (χ0n) is 18.3. The average molecular weight is 459 g/mol. The standard InChI is InChI=1S/C27H23ClN2O3/c1-18-22(28)9-7-11-23(18)30-24-10-4-3-8-21(24)27(31)29-19-14-16-20(17-15-19)33-26-13-6-5-12-25(26)32-2/h3-17,30H,1-2H3,(H,29,31). The molecule has 33 heavy (non-hydrogen) atoms.